The highest BCUT2D eigenvalue weighted by atomic mass is 79.9. The smallest absolute Gasteiger partial charge is 0.109 e. The molecule has 0 saturated heterocycles. The molecule has 1 aromatic rings. The average molecular weight is 219 g/mol. The molecule has 2 N–H and O–H groups in total. The third kappa shape index (κ3) is 2.24. The summed E-state index contributed by atoms with van der Waals surface area (Å²) in [5.41, 5.74) is 6.14. The molecule has 0 unspecified atom stereocenters. The highest BCUT2D eigenvalue weighted by Crippen LogP contribution is 2.14. The summed E-state index contributed by atoms with van der Waals surface area (Å²) in [7, 11) is 0. The Balaban J connectivity index is 2.86. The number of nitrogens with zero attached hydrogens (tertiary/aromatic N) is 1. The molecule has 1 heterocycles. The largest absolute Gasteiger partial charge is 0.322 e. The van der Waals surface area contributed by atoms with Gasteiger partial charge < -0.3 is 5.73 Å². The molecule has 2 nitrogen and oxygen atoms in total. The van der Waals surface area contributed by atoms with Gasteiger partial charge in [0.25, 0.3) is 0 Å². The van der Waals surface area contributed by atoms with Crippen molar-refractivity contribution in [1.82, 2.24) is 4.98 Å². The Morgan fingerprint density at radius 3 is 2.91 bits per heavy atom. The molecule has 60 valence electrons. The molecule has 1 rings (SSSR count). The van der Waals surface area contributed by atoms with Crippen LogP contribution in [0.1, 0.15) is 11.6 Å². The van der Waals surface area contributed by atoms with Gasteiger partial charge in [0.05, 0.1) is 6.04 Å². The first kappa shape index (κ1) is 8.62. The van der Waals surface area contributed by atoms with E-state index in [1.807, 2.05) is 0 Å². The van der Waals surface area contributed by atoms with Gasteiger partial charge in [0.15, 0.2) is 0 Å². The number of hydrogen-bond acceptors (Lipinski definition) is 2. The Morgan fingerprint density at radius 1 is 1.64 bits per heavy atom. The monoisotopic (exact) mass is 218 g/mol. The molecular weight excluding hydrogens is 211 g/mol. The van der Waals surface area contributed by atoms with Gasteiger partial charge in [0, 0.05) is 16.9 Å². The van der Waals surface area contributed by atoms with Crippen LogP contribution < -0.4 is 5.73 Å². The third-order valence-electron chi connectivity index (χ3n) is 1.32. The first-order valence-electron chi connectivity index (χ1n) is 3.16. The van der Waals surface area contributed by atoms with Crippen LogP contribution in [0, 0.1) is 0 Å². The molecule has 0 saturated carbocycles. The minimum absolute atomic E-state index is 0.556. The Kier molecular flexibility index (Phi) is 2.96. The lowest BCUT2D eigenvalue weighted by Gasteiger charge is -2.05. The minimum atomic E-state index is -0.557. The second-order valence-corrected chi connectivity index (χ2v) is 3.11. The van der Waals surface area contributed by atoms with Gasteiger partial charge in [-0.15, -0.1) is 0 Å². The number of hydrogen-bond donors (Lipinski definition) is 1. The van der Waals surface area contributed by atoms with Crippen molar-refractivity contribution >= 4 is 15.9 Å². The zero-order chi connectivity index (χ0) is 8.27. The average Bonchev–Trinajstić information content (AvgIpc) is 2.03. The van der Waals surface area contributed by atoms with E-state index in [1.54, 1.807) is 18.5 Å². The van der Waals surface area contributed by atoms with Crippen molar-refractivity contribution in [3.63, 3.8) is 0 Å². The Hall–Kier alpha value is -0.480. The fourth-order valence-electron chi connectivity index (χ4n) is 0.720. The number of rotatable bonds is 2. The van der Waals surface area contributed by atoms with Crippen molar-refractivity contribution in [1.29, 1.82) is 0 Å². The van der Waals surface area contributed by atoms with Crippen molar-refractivity contribution in [2.75, 3.05) is 6.67 Å². The van der Waals surface area contributed by atoms with Crippen LogP contribution in [0.25, 0.3) is 0 Å². The van der Waals surface area contributed by atoms with Gasteiger partial charge >= 0.3 is 0 Å². The molecule has 4 heteroatoms. The summed E-state index contributed by atoms with van der Waals surface area (Å²) in [6, 6.07) is 1.21. The minimum Gasteiger partial charge on any atom is -0.322 e. The lowest BCUT2D eigenvalue weighted by molar-refractivity contribution is 0.436. The van der Waals surface area contributed by atoms with Crippen LogP contribution in [-0.4, -0.2) is 11.7 Å². The molecule has 0 spiro atoms. The van der Waals surface area contributed by atoms with E-state index in [0.29, 0.717) is 5.56 Å². The van der Waals surface area contributed by atoms with Crippen LogP contribution in [0.2, 0.25) is 0 Å². The van der Waals surface area contributed by atoms with E-state index in [4.69, 9.17) is 5.73 Å². The van der Waals surface area contributed by atoms with Crippen molar-refractivity contribution in [3.8, 4) is 0 Å². The number of aromatic nitrogens is 1. The van der Waals surface area contributed by atoms with E-state index in [-0.39, 0.29) is 0 Å². The van der Waals surface area contributed by atoms with Crippen molar-refractivity contribution in [2.45, 2.75) is 6.04 Å². The summed E-state index contributed by atoms with van der Waals surface area (Å²) in [6.07, 6.45) is 3.20. The van der Waals surface area contributed by atoms with Crippen LogP contribution in [0.3, 0.4) is 0 Å². The van der Waals surface area contributed by atoms with Crippen molar-refractivity contribution < 1.29 is 4.39 Å². The van der Waals surface area contributed by atoms with E-state index in [0.717, 1.165) is 4.47 Å². The number of nitrogens with two attached hydrogens (primary N) is 1. The first-order chi connectivity index (χ1) is 5.24. The van der Waals surface area contributed by atoms with E-state index in [9.17, 15) is 4.39 Å². The van der Waals surface area contributed by atoms with Crippen molar-refractivity contribution in [3.05, 3.63) is 28.5 Å². The van der Waals surface area contributed by atoms with Crippen LogP contribution in [0.4, 0.5) is 4.39 Å². The Bertz CT molecular complexity index is 242. The van der Waals surface area contributed by atoms with Gasteiger partial charge in [0.1, 0.15) is 6.67 Å². The van der Waals surface area contributed by atoms with Crippen molar-refractivity contribution in [2.24, 2.45) is 5.73 Å². The molecule has 0 radical (unpaired) electrons. The summed E-state index contributed by atoms with van der Waals surface area (Å²) in [4.78, 5) is 3.86. The summed E-state index contributed by atoms with van der Waals surface area (Å²) in [6.45, 7) is -0.557. The van der Waals surface area contributed by atoms with Gasteiger partial charge in [-0.05, 0) is 27.6 Å². The highest BCUT2D eigenvalue weighted by Gasteiger charge is 2.04. The Morgan fingerprint density at radius 2 is 2.36 bits per heavy atom. The normalized spacial score (nSPS) is 13.0. The molecule has 11 heavy (non-hydrogen) atoms. The zero-order valence-electron chi connectivity index (χ0n) is 5.80. The van der Waals surface area contributed by atoms with Crippen LogP contribution in [0.15, 0.2) is 22.9 Å². The molecule has 0 amide bonds. The van der Waals surface area contributed by atoms with Gasteiger partial charge in [-0.2, -0.15) is 0 Å². The first-order valence-corrected chi connectivity index (χ1v) is 3.95. The maximum atomic E-state index is 12.0. The summed E-state index contributed by atoms with van der Waals surface area (Å²) < 4.78 is 12.9. The van der Waals surface area contributed by atoms with Gasteiger partial charge in [0.2, 0.25) is 0 Å². The maximum absolute atomic E-state index is 12.0. The predicted octanol–water partition coefficient (Wildman–Crippen LogP) is 1.81. The second-order valence-electron chi connectivity index (χ2n) is 2.20. The summed E-state index contributed by atoms with van der Waals surface area (Å²) >= 11 is 3.22. The topological polar surface area (TPSA) is 38.9 Å². The fourth-order valence-corrected chi connectivity index (χ4v) is 1.10. The standard InChI is InChI=1S/C7H8BrFN2/c8-6-1-5(3-11-4-6)7(10)2-9/h1,3-4,7H,2,10H2/t7-/m1/s1. The lowest BCUT2D eigenvalue weighted by Crippen LogP contribution is -2.12. The van der Waals surface area contributed by atoms with E-state index in [2.05, 4.69) is 20.9 Å². The molecule has 0 aliphatic rings. The lowest BCUT2D eigenvalue weighted by atomic mass is 10.1. The third-order valence-corrected chi connectivity index (χ3v) is 1.75. The van der Waals surface area contributed by atoms with Crippen LogP contribution in [0.5, 0.6) is 0 Å². The molecule has 1 atom stereocenters. The molecule has 0 fully saturated rings. The molecule has 0 aromatic carbocycles. The van der Waals surface area contributed by atoms with E-state index in [1.165, 1.54) is 0 Å². The number of halogens is 2. The molecule has 1 aromatic heterocycles. The highest BCUT2D eigenvalue weighted by molar-refractivity contribution is 9.10. The Labute approximate surface area is 72.8 Å². The SMILES string of the molecule is N[C@H](CF)c1cncc(Br)c1. The molecule has 0 aliphatic heterocycles. The number of pyridine rings is 1. The zero-order valence-corrected chi connectivity index (χ0v) is 7.38. The number of alkyl halides is 1. The predicted molar refractivity (Wildman–Crippen MR) is 44.8 cm³/mol. The fraction of sp³-hybridized carbons (Fsp3) is 0.286. The quantitative estimate of drug-likeness (QED) is 0.823. The van der Waals surface area contributed by atoms with E-state index >= 15 is 0 Å². The van der Waals surface area contributed by atoms with Gasteiger partial charge in [-0.25, -0.2) is 4.39 Å². The molecular formula is C7H8BrFN2. The maximum Gasteiger partial charge on any atom is 0.109 e. The van der Waals surface area contributed by atoms with Gasteiger partial charge in [-0.1, -0.05) is 0 Å². The molecule has 0 bridgehead atoms. The second kappa shape index (κ2) is 3.78. The van der Waals surface area contributed by atoms with E-state index < -0.39 is 12.7 Å². The molecule has 0 aliphatic carbocycles. The van der Waals surface area contributed by atoms with Gasteiger partial charge in [-0.3, -0.25) is 4.98 Å². The van der Waals surface area contributed by atoms with Crippen LogP contribution in [-0.2, 0) is 0 Å². The van der Waals surface area contributed by atoms with Crippen LogP contribution >= 0.6 is 15.9 Å². The summed E-state index contributed by atoms with van der Waals surface area (Å²) in [5, 5.41) is 0. The summed E-state index contributed by atoms with van der Waals surface area (Å²) in [5.74, 6) is 0.